The summed E-state index contributed by atoms with van der Waals surface area (Å²) < 4.78 is 2.24. The van der Waals surface area contributed by atoms with Gasteiger partial charge in [-0.05, 0) is 48.1 Å². The van der Waals surface area contributed by atoms with Crippen LogP contribution < -0.4 is 10.6 Å². The highest BCUT2D eigenvalue weighted by molar-refractivity contribution is 6.04. The molecule has 4 aromatic rings. The molecule has 48 heavy (non-hydrogen) atoms. The summed E-state index contributed by atoms with van der Waals surface area (Å²) in [5.41, 5.74) is 7.08. The Hall–Kier alpha value is -4.89. The second kappa shape index (κ2) is 20.4. The standard InChI is InChI=1S/C42H51N5O/c1-3-4-5-6-7-8-18-28-39(48)45-29-19-10-9-13-21-34-22-20-23-35(30-34)32-47-41(37-26-16-12-17-27-37)40(36-24-14-11-15-25-36)38(31-43)42(47)46-33-44-2/h11-12,14-17,20,22-27,30-31,33,43H,3-10,18-19,28-29,32H2,1-2H3,(H,44,46)(H,45,48). The van der Waals surface area contributed by atoms with E-state index >= 15 is 0 Å². The van der Waals surface area contributed by atoms with Crippen molar-refractivity contribution in [2.24, 2.45) is 4.99 Å². The highest BCUT2D eigenvalue weighted by atomic mass is 16.1. The second-order valence-corrected chi connectivity index (χ2v) is 12.2. The van der Waals surface area contributed by atoms with Crippen molar-refractivity contribution in [3.05, 3.63) is 102 Å². The molecule has 0 fully saturated rings. The maximum absolute atomic E-state index is 12.1. The number of aromatic nitrogens is 1. The van der Waals surface area contributed by atoms with E-state index in [2.05, 4.69) is 87.5 Å². The Labute approximate surface area is 287 Å². The fraction of sp³-hybridized carbons (Fsp3) is 0.357. The van der Waals surface area contributed by atoms with Gasteiger partial charge in [-0.15, -0.1) is 0 Å². The molecule has 0 aliphatic carbocycles. The molecule has 1 amide bonds. The first-order chi connectivity index (χ1) is 23.7. The van der Waals surface area contributed by atoms with Crippen molar-refractivity contribution in [2.75, 3.05) is 18.9 Å². The van der Waals surface area contributed by atoms with Gasteiger partial charge in [-0.1, -0.05) is 130 Å². The molecule has 250 valence electrons. The van der Waals surface area contributed by atoms with Crippen LogP contribution in [0.3, 0.4) is 0 Å². The number of carbonyl (C=O) groups is 1. The second-order valence-electron chi connectivity index (χ2n) is 12.2. The van der Waals surface area contributed by atoms with Crippen molar-refractivity contribution in [3.63, 3.8) is 0 Å². The average molecular weight is 642 g/mol. The molecule has 0 unspecified atom stereocenters. The van der Waals surface area contributed by atoms with Crippen molar-refractivity contribution in [1.29, 1.82) is 5.41 Å². The summed E-state index contributed by atoms with van der Waals surface area (Å²) >= 11 is 0. The van der Waals surface area contributed by atoms with Crippen LogP contribution >= 0.6 is 0 Å². The van der Waals surface area contributed by atoms with E-state index in [1.54, 1.807) is 13.4 Å². The third kappa shape index (κ3) is 10.8. The van der Waals surface area contributed by atoms with Crippen LogP contribution in [-0.4, -0.2) is 36.6 Å². The molecule has 3 aromatic carbocycles. The van der Waals surface area contributed by atoms with E-state index in [-0.39, 0.29) is 5.91 Å². The molecule has 6 heteroatoms. The van der Waals surface area contributed by atoms with Crippen LogP contribution in [-0.2, 0) is 11.3 Å². The lowest BCUT2D eigenvalue weighted by Crippen LogP contribution is -2.23. The summed E-state index contributed by atoms with van der Waals surface area (Å²) in [5, 5.41) is 14.9. The van der Waals surface area contributed by atoms with E-state index in [0.717, 1.165) is 83.5 Å². The first-order valence-electron chi connectivity index (χ1n) is 17.6. The minimum atomic E-state index is 0.175. The number of unbranched alkanes of at least 4 members (excludes halogenated alkanes) is 8. The van der Waals surface area contributed by atoms with E-state index in [1.807, 2.05) is 36.4 Å². The number of rotatable bonds is 19. The number of aliphatic imine (C=N–C) groups is 1. The molecule has 1 aromatic heterocycles. The Morgan fingerprint density at radius 2 is 1.56 bits per heavy atom. The summed E-state index contributed by atoms with van der Waals surface area (Å²) in [6.07, 6.45) is 15.0. The van der Waals surface area contributed by atoms with Gasteiger partial charge in [0, 0.05) is 55.9 Å². The van der Waals surface area contributed by atoms with Crippen molar-refractivity contribution < 1.29 is 4.79 Å². The van der Waals surface area contributed by atoms with E-state index in [1.165, 1.54) is 38.3 Å². The summed E-state index contributed by atoms with van der Waals surface area (Å²) in [5.74, 6) is 7.68. The third-order valence-electron chi connectivity index (χ3n) is 8.44. The van der Waals surface area contributed by atoms with E-state index < -0.39 is 0 Å². The molecule has 0 atom stereocenters. The number of amides is 1. The summed E-state index contributed by atoms with van der Waals surface area (Å²) in [7, 11) is 1.73. The maximum Gasteiger partial charge on any atom is 0.219 e. The monoisotopic (exact) mass is 641 g/mol. The van der Waals surface area contributed by atoms with Crippen LogP contribution in [0.4, 0.5) is 5.82 Å². The Kier molecular flexibility index (Phi) is 15.3. The van der Waals surface area contributed by atoms with Crippen LogP contribution in [0, 0.1) is 17.3 Å². The third-order valence-corrected chi connectivity index (χ3v) is 8.44. The number of nitrogens with one attached hydrogen (secondary N) is 3. The quantitative estimate of drug-likeness (QED) is 0.0412. The van der Waals surface area contributed by atoms with Crippen LogP contribution in [0.15, 0.2) is 89.9 Å². The molecular formula is C42H51N5O. The molecule has 3 N–H and O–H groups in total. The van der Waals surface area contributed by atoms with Crippen molar-refractivity contribution >= 4 is 24.3 Å². The lowest BCUT2D eigenvalue weighted by molar-refractivity contribution is -0.121. The van der Waals surface area contributed by atoms with E-state index in [0.29, 0.717) is 13.0 Å². The van der Waals surface area contributed by atoms with Gasteiger partial charge in [0.15, 0.2) is 0 Å². The molecule has 0 bridgehead atoms. The molecule has 0 spiro atoms. The highest BCUT2D eigenvalue weighted by Crippen LogP contribution is 2.41. The number of benzene rings is 3. The van der Waals surface area contributed by atoms with Gasteiger partial charge in [0.25, 0.3) is 0 Å². The molecule has 0 saturated heterocycles. The van der Waals surface area contributed by atoms with Crippen LogP contribution in [0.2, 0.25) is 0 Å². The summed E-state index contributed by atoms with van der Waals surface area (Å²) in [6.45, 7) is 3.54. The summed E-state index contributed by atoms with van der Waals surface area (Å²) in [6, 6.07) is 29.0. The predicted molar refractivity (Wildman–Crippen MR) is 203 cm³/mol. The van der Waals surface area contributed by atoms with Gasteiger partial charge >= 0.3 is 0 Å². The van der Waals surface area contributed by atoms with Gasteiger partial charge in [0.2, 0.25) is 5.91 Å². The van der Waals surface area contributed by atoms with Gasteiger partial charge in [0.1, 0.15) is 5.82 Å². The maximum atomic E-state index is 12.1. The smallest absolute Gasteiger partial charge is 0.219 e. The Balaban J connectivity index is 1.41. The summed E-state index contributed by atoms with van der Waals surface area (Å²) in [4.78, 5) is 16.3. The number of hydrogen-bond donors (Lipinski definition) is 3. The minimum absolute atomic E-state index is 0.175. The van der Waals surface area contributed by atoms with Gasteiger partial charge in [-0.25, -0.2) is 0 Å². The fourth-order valence-corrected chi connectivity index (χ4v) is 6.00. The van der Waals surface area contributed by atoms with Crippen molar-refractivity contribution in [3.8, 4) is 34.2 Å². The number of carbonyl (C=O) groups excluding carboxylic acids is 1. The first kappa shape index (κ1) is 36.0. The van der Waals surface area contributed by atoms with Crippen LogP contribution in [0.25, 0.3) is 22.4 Å². The largest absolute Gasteiger partial charge is 0.356 e. The zero-order chi connectivity index (χ0) is 33.8. The number of anilines is 1. The molecule has 6 nitrogen and oxygen atoms in total. The van der Waals surface area contributed by atoms with Gasteiger partial charge in [-0.2, -0.15) is 0 Å². The molecule has 4 rings (SSSR count). The molecule has 0 saturated carbocycles. The Bertz CT molecular complexity index is 1660. The van der Waals surface area contributed by atoms with Crippen molar-refractivity contribution in [1.82, 2.24) is 9.88 Å². The first-order valence-corrected chi connectivity index (χ1v) is 17.6. The normalized spacial score (nSPS) is 10.9. The Morgan fingerprint density at radius 1 is 0.854 bits per heavy atom. The molecule has 0 radical (unpaired) electrons. The zero-order valence-electron chi connectivity index (χ0n) is 28.7. The minimum Gasteiger partial charge on any atom is -0.356 e. The molecular weight excluding hydrogens is 590 g/mol. The highest BCUT2D eigenvalue weighted by Gasteiger charge is 2.24. The SMILES string of the molecule is CCCCCCCCCC(=O)NCCCCC#Cc1cccc(Cn2c(NC=NC)c(C=N)c(-c3ccccc3)c2-c2ccccc2)c1. The van der Waals surface area contributed by atoms with Crippen LogP contribution in [0.5, 0.6) is 0 Å². The van der Waals surface area contributed by atoms with Crippen molar-refractivity contribution in [2.45, 2.75) is 84.1 Å². The van der Waals surface area contributed by atoms with Gasteiger partial charge in [-0.3, -0.25) is 9.79 Å². The lowest BCUT2D eigenvalue weighted by atomic mass is 9.98. The number of hydrogen-bond acceptors (Lipinski definition) is 3. The van der Waals surface area contributed by atoms with Crippen LogP contribution in [0.1, 0.15) is 94.2 Å². The fourth-order valence-electron chi connectivity index (χ4n) is 6.00. The molecule has 0 aliphatic heterocycles. The average Bonchev–Trinajstić information content (AvgIpc) is 3.43. The van der Waals surface area contributed by atoms with Gasteiger partial charge < -0.3 is 20.6 Å². The van der Waals surface area contributed by atoms with E-state index in [9.17, 15) is 4.79 Å². The van der Waals surface area contributed by atoms with E-state index in [4.69, 9.17) is 5.41 Å². The Morgan fingerprint density at radius 3 is 2.27 bits per heavy atom. The van der Waals surface area contributed by atoms with Gasteiger partial charge in [0.05, 0.1) is 12.0 Å². The molecule has 0 aliphatic rings. The predicted octanol–water partition coefficient (Wildman–Crippen LogP) is 9.72. The molecule has 1 heterocycles. The topological polar surface area (TPSA) is 82.3 Å². The number of nitrogens with zero attached hydrogens (tertiary/aromatic N) is 2. The zero-order valence-corrected chi connectivity index (χ0v) is 28.7. The lowest BCUT2D eigenvalue weighted by Gasteiger charge is -2.15.